The molecule has 15 heavy (non-hydrogen) atoms. The summed E-state index contributed by atoms with van der Waals surface area (Å²) in [6, 6.07) is 0.670. The van der Waals surface area contributed by atoms with Gasteiger partial charge in [-0.15, -0.1) is 0 Å². The molecule has 0 aromatic heterocycles. The molecule has 1 saturated carbocycles. The molecule has 1 aliphatic rings. The average molecular weight is 212 g/mol. The highest BCUT2D eigenvalue weighted by Gasteiger charge is 2.28. The van der Waals surface area contributed by atoms with E-state index in [4.69, 9.17) is 0 Å². The standard InChI is InChI=1S/C13H28N2/c1-6-14-13(4,5)10-15(11(2)3)9-12-7-8-12/h11-12,14H,6-10H2,1-5H3. The minimum Gasteiger partial charge on any atom is -0.311 e. The monoisotopic (exact) mass is 212 g/mol. The van der Waals surface area contributed by atoms with Crippen LogP contribution in [0.4, 0.5) is 0 Å². The Hall–Kier alpha value is -0.0800. The van der Waals surface area contributed by atoms with Gasteiger partial charge in [-0.2, -0.15) is 0 Å². The average Bonchev–Trinajstić information content (AvgIpc) is 2.86. The van der Waals surface area contributed by atoms with Crippen LogP contribution in [-0.4, -0.2) is 36.1 Å². The largest absolute Gasteiger partial charge is 0.311 e. The fraction of sp³-hybridized carbons (Fsp3) is 1.00. The van der Waals surface area contributed by atoms with Crippen molar-refractivity contribution in [2.24, 2.45) is 5.92 Å². The van der Waals surface area contributed by atoms with Crippen LogP contribution in [0.3, 0.4) is 0 Å². The van der Waals surface area contributed by atoms with Crippen LogP contribution in [0.25, 0.3) is 0 Å². The fourth-order valence-electron chi connectivity index (χ4n) is 2.13. The summed E-state index contributed by atoms with van der Waals surface area (Å²) in [4.78, 5) is 2.63. The lowest BCUT2D eigenvalue weighted by molar-refractivity contribution is 0.159. The van der Waals surface area contributed by atoms with E-state index in [-0.39, 0.29) is 5.54 Å². The molecular formula is C13H28N2. The topological polar surface area (TPSA) is 15.3 Å². The summed E-state index contributed by atoms with van der Waals surface area (Å²) in [5, 5.41) is 3.56. The molecule has 0 radical (unpaired) electrons. The molecule has 1 aliphatic carbocycles. The van der Waals surface area contributed by atoms with Crippen LogP contribution in [0.5, 0.6) is 0 Å². The van der Waals surface area contributed by atoms with Gasteiger partial charge in [0.25, 0.3) is 0 Å². The van der Waals surface area contributed by atoms with E-state index in [1.165, 1.54) is 19.4 Å². The first-order valence-corrected chi connectivity index (χ1v) is 6.43. The Balaban J connectivity index is 2.41. The number of nitrogens with one attached hydrogen (secondary N) is 1. The highest BCUT2D eigenvalue weighted by Crippen LogP contribution is 2.30. The molecule has 1 N–H and O–H groups in total. The molecule has 1 fully saturated rings. The maximum atomic E-state index is 3.56. The van der Waals surface area contributed by atoms with Crippen LogP contribution >= 0.6 is 0 Å². The molecule has 0 aromatic rings. The normalized spacial score (nSPS) is 17.8. The van der Waals surface area contributed by atoms with Gasteiger partial charge in [-0.05, 0) is 53.0 Å². The van der Waals surface area contributed by atoms with Crippen molar-refractivity contribution in [2.45, 2.75) is 59.0 Å². The van der Waals surface area contributed by atoms with Gasteiger partial charge >= 0.3 is 0 Å². The second kappa shape index (κ2) is 5.31. The Morgan fingerprint density at radius 3 is 2.33 bits per heavy atom. The van der Waals surface area contributed by atoms with Crippen molar-refractivity contribution in [3.8, 4) is 0 Å². The SMILES string of the molecule is CCNC(C)(C)CN(CC1CC1)C(C)C. The third-order valence-corrected chi connectivity index (χ3v) is 3.17. The van der Waals surface area contributed by atoms with E-state index in [1.54, 1.807) is 0 Å². The predicted molar refractivity (Wildman–Crippen MR) is 67.2 cm³/mol. The molecular weight excluding hydrogens is 184 g/mol. The van der Waals surface area contributed by atoms with Crippen LogP contribution in [0.2, 0.25) is 0 Å². The summed E-state index contributed by atoms with van der Waals surface area (Å²) in [6.45, 7) is 14.9. The van der Waals surface area contributed by atoms with E-state index >= 15 is 0 Å². The van der Waals surface area contributed by atoms with Crippen molar-refractivity contribution in [3.05, 3.63) is 0 Å². The van der Waals surface area contributed by atoms with E-state index in [1.807, 2.05) is 0 Å². The molecule has 0 aliphatic heterocycles. The summed E-state index contributed by atoms with van der Waals surface area (Å²) >= 11 is 0. The van der Waals surface area contributed by atoms with Crippen molar-refractivity contribution < 1.29 is 0 Å². The molecule has 0 bridgehead atoms. The summed E-state index contributed by atoms with van der Waals surface area (Å²) < 4.78 is 0. The molecule has 0 aromatic carbocycles. The highest BCUT2D eigenvalue weighted by molar-refractivity contribution is 4.86. The Kier molecular flexibility index (Phi) is 4.60. The molecule has 1 rings (SSSR count). The fourth-order valence-corrected chi connectivity index (χ4v) is 2.13. The Morgan fingerprint density at radius 2 is 1.93 bits per heavy atom. The smallest absolute Gasteiger partial charge is 0.0252 e. The first kappa shape index (κ1) is 13.0. The van der Waals surface area contributed by atoms with Crippen LogP contribution in [-0.2, 0) is 0 Å². The Labute approximate surface area is 95.4 Å². The van der Waals surface area contributed by atoms with Crippen molar-refractivity contribution in [1.82, 2.24) is 10.2 Å². The molecule has 2 nitrogen and oxygen atoms in total. The van der Waals surface area contributed by atoms with Gasteiger partial charge in [0.1, 0.15) is 0 Å². The van der Waals surface area contributed by atoms with Crippen molar-refractivity contribution in [3.63, 3.8) is 0 Å². The van der Waals surface area contributed by atoms with E-state index in [9.17, 15) is 0 Å². The number of nitrogens with zero attached hydrogens (tertiary/aromatic N) is 1. The van der Waals surface area contributed by atoms with Gasteiger partial charge in [0.05, 0.1) is 0 Å². The molecule has 0 heterocycles. The van der Waals surface area contributed by atoms with Gasteiger partial charge in [-0.1, -0.05) is 6.92 Å². The van der Waals surface area contributed by atoms with Gasteiger partial charge < -0.3 is 5.32 Å². The number of rotatable bonds is 7. The number of likely N-dealkylation sites (N-methyl/N-ethyl adjacent to an activating group) is 1. The van der Waals surface area contributed by atoms with Crippen LogP contribution in [0.15, 0.2) is 0 Å². The van der Waals surface area contributed by atoms with Gasteiger partial charge in [-0.25, -0.2) is 0 Å². The zero-order chi connectivity index (χ0) is 11.5. The summed E-state index contributed by atoms with van der Waals surface area (Å²) in [5.74, 6) is 0.991. The second-order valence-corrected chi connectivity index (χ2v) is 5.88. The Morgan fingerprint density at radius 1 is 1.33 bits per heavy atom. The first-order chi connectivity index (χ1) is 6.94. The van der Waals surface area contributed by atoms with Crippen molar-refractivity contribution >= 4 is 0 Å². The lowest BCUT2D eigenvalue weighted by atomic mass is 10.0. The quantitative estimate of drug-likeness (QED) is 0.697. The van der Waals surface area contributed by atoms with Gasteiger partial charge in [0, 0.05) is 24.7 Å². The van der Waals surface area contributed by atoms with E-state index in [2.05, 4.69) is 44.8 Å². The molecule has 0 atom stereocenters. The molecule has 0 spiro atoms. The van der Waals surface area contributed by atoms with E-state index in [0.717, 1.165) is 19.0 Å². The molecule has 0 amide bonds. The van der Waals surface area contributed by atoms with E-state index < -0.39 is 0 Å². The second-order valence-electron chi connectivity index (χ2n) is 5.88. The summed E-state index contributed by atoms with van der Waals surface area (Å²) in [5.41, 5.74) is 0.244. The zero-order valence-corrected chi connectivity index (χ0v) is 11.1. The third-order valence-electron chi connectivity index (χ3n) is 3.17. The van der Waals surface area contributed by atoms with Gasteiger partial charge in [-0.3, -0.25) is 4.90 Å². The molecule has 2 heteroatoms. The van der Waals surface area contributed by atoms with Crippen molar-refractivity contribution in [2.75, 3.05) is 19.6 Å². The van der Waals surface area contributed by atoms with Crippen molar-refractivity contribution in [1.29, 1.82) is 0 Å². The van der Waals surface area contributed by atoms with Crippen LogP contribution in [0.1, 0.15) is 47.5 Å². The van der Waals surface area contributed by atoms with Crippen LogP contribution < -0.4 is 5.32 Å². The maximum absolute atomic E-state index is 3.56. The highest BCUT2D eigenvalue weighted by atomic mass is 15.2. The summed E-state index contributed by atoms with van der Waals surface area (Å²) in [7, 11) is 0. The number of hydrogen-bond acceptors (Lipinski definition) is 2. The van der Waals surface area contributed by atoms with Crippen LogP contribution in [0, 0.1) is 5.92 Å². The zero-order valence-electron chi connectivity index (χ0n) is 11.1. The minimum absolute atomic E-state index is 0.244. The van der Waals surface area contributed by atoms with Gasteiger partial charge in [0.15, 0.2) is 0 Å². The van der Waals surface area contributed by atoms with Gasteiger partial charge in [0.2, 0.25) is 0 Å². The Bertz CT molecular complexity index is 183. The minimum atomic E-state index is 0.244. The molecule has 0 unspecified atom stereocenters. The lowest BCUT2D eigenvalue weighted by Gasteiger charge is -2.36. The first-order valence-electron chi connectivity index (χ1n) is 6.43. The predicted octanol–water partition coefficient (Wildman–Crippen LogP) is 2.49. The number of hydrogen-bond donors (Lipinski definition) is 1. The molecule has 0 saturated heterocycles. The lowest BCUT2D eigenvalue weighted by Crippen LogP contribution is -2.51. The molecule has 90 valence electrons. The summed E-state index contributed by atoms with van der Waals surface area (Å²) in [6.07, 6.45) is 2.90. The van der Waals surface area contributed by atoms with E-state index in [0.29, 0.717) is 6.04 Å². The third kappa shape index (κ3) is 4.98. The maximum Gasteiger partial charge on any atom is 0.0252 e.